The van der Waals surface area contributed by atoms with Crippen LogP contribution in [0, 0.1) is 5.92 Å². The minimum Gasteiger partial charge on any atom is -0.354 e. The van der Waals surface area contributed by atoms with E-state index in [0.29, 0.717) is 0 Å². The lowest BCUT2D eigenvalue weighted by atomic mass is 10.0. The highest BCUT2D eigenvalue weighted by atomic mass is 19.1. The van der Waals surface area contributed by atoms with E-state index in [-0.39, 0.29) is 18.9 Å². The topological polar surface area (TPSA) is 67.9 Å². The van der Waals surface area contributed by atoms with Crippen LogP contribution in [0.15, 0.2) is 0 Å². The number of halogens is 1. The van der Waals surface area contributed by atoms with Crippen molar-refractivity contribution in [1.29, 1.82) is 0 Å². The molecule has 7 heteroatoms. The summed E-state index contributed by atoms with van der Waals surface area (Å²) in [6, 6.07) is -0.571. The summed E-state index contributed by atoms with van der Waals surface area (Å²) >= 11 is 0. The SMILES string of the molecule is CC1C(=O)NC(=O)N2C3CC(F)C(COC12)O3. The van der Waals surface area contributed by atoms with E-state index in [1.807, 2.05) is 0 Å². The summed E-state index contributed by atoms with van der Waals surface area (Å²) in [5.74, 6) is -0.848. The van der Waals surface area contributed by atoms with Crippen LogP contribution in [0.3, 0.4) is 0 Å². The third-order valence-electron chi connectivity index (χ3n) is 3.48. The van der Waals surface area contributed by atoms with Crippen LogP contribution in [-0.2, 0) is 14.3 Å². The fraction of sp³-hybridized carbons (Fsp3) is 0.800. The molecule has 3 amide bonds. The van der Waals surface area contributed by atoms with Gasteiger partial charge in [0.15, 0.2) is 0 Å². The summed E-state index contributed by atoms with van der Waals surface area (Å²) in [5, 5.41) is 2.22. The Morgan fingerprint density at radius 3 is 3.00 bits per heavy atom. The number of hydrogen-bond acceptors (Lipinski definition) is 4. The molecule has 3 rings (SSSR count). The predicted molar refractivity (Wildman–Crippen MR) is 52.5 cm³/mol. The van der Waals surface area contributed by atoms with Crippen molar-refractivity contribution in [2.24, 2.45) is 5.92 Å². The van der Waals surface area contributed by atoms with Crippen LogP contribution in [0.1, 0.15) is 13.3 Å². The third kappa shape index (κ3) is 1.53. The summed E-state index contributed by atoms with van der Waals surface area (Å²) in [7, 11) is 0. The molecule has 94 valence electrons. The third-order valence-corrected chi connectivity index (χ3v) is 3.48. The molecule has 5 unspecified atom stereocenters. The molecule has 3 aliphatic rings. The highest BCUT2D eigenvalue weighted by Gasteiger charge is 2.51. The van der Waals surface area contributed by atoms with Gasteiger partial charge in [-0.3, -0.25) is 15.0 Å². The molecule has 0 radical (unpaired) electrons. The second kappa shape index (κ2) is 3.64. The van der Waals surface area contributed by atoms with Crippen LogP contribution in [0.4, 0.5) is 9.18 Å². The van der Waals surface area contributed by atoms with Crippen molar-refractivity contribution in [3.63, 3.8) is 0 Å². The maximum atomic E-state index is 13.5. The quantitative estimate of drug-likeness (QED) is 0.650. The second-order valence-corrected chi connectivity index (χ2v) is 4.60. The molecular formula is C10H13FN2O4. The number of urea groups is 1. The Kier molecular flexibility index (Phi) is 2.34. The summed E-state index contributed by atoms with van der Waals surface area (Å²) in [6.45, 7) is 1.75. The maximum absolute atomic E-state index is 13.5. The van der Waals surface area contributed by atoms with Gasteiger partial charge in [-0.15, -0.1) is 0 Å². The van der Waals surface area contributed by atoms with Crippen molar-refractivity contribution in [1.82, 2.24) is 10.2 Å². The van der Waals surface area contributed by atoms with Crippen LogP contribution in [0.2, 0.25) is 0 Å². The Hall–Kier alpha value is -1.21. The maximum Gasteiger partial charge on any atom is 0.328 e. The lowest BCUT2D eigenvalue weighted by molar-refractivity contribution is -0.146. The van der Waals surface area contributed by atoms with Crippen LogP contribution >= 0.6 is 0 Å². The van der Waals surface area contributed by atoms with Gasteiger partial charge in [-0.25, -0.2) is 9.18 Å². The van der Waals surface area contributed by atoms with E-state index in [4.69, 9.17) is 9.47 Å². The molecule has 1 N–H and O–H groups in total. The number of ether oxygens (including phenoxy) is 2. The van der Waals surface area contributed by atoms with Gasteiger partial charge in [0.05, 0.1) is 12.5 Å². The van der Waals surface area contributed by atoms with Gasteiger partial charge < -0.3 is 9.47 Å². The van der Waals surface area contributed by atoms with Crippen molar-refractivity contribution in [3.8, 4) is 0 Å². The van der Waals surface area contributed by atoms with Gasteiger partial charge in [0.2, 0.25) is 5.91 Å². The van der Waals surface area contributed by atoms with Gasteiger partial charge in [-0.1, -0.05) is 0 Å². The molecule has 6 nitrogen and oxygen atoms in total. The number of carbonyl (C=O) groups is 2. The summed E-state index contributed by atoms with van der Waals surface area (Å²) in [4.78, 5) is 24.5. The molecule has 3 aliphatic heterocycles. The summed E-state index contributed by atoms with van der Waals surface area (Å²) in [5.41, 5.74) is 0. The summed E-state index contributed by atoms with van der Waals surface area (Å²) in [6.07, 6.45) is -2.92. The number of hydrogen-bond donors (Lipinski definition) is 1. The first kappa shape index (κ1) is 10.9. The standard InChI is InChI=1S/C10H13FN2O4/c1-4-8(14)12-10(15)13-7-2-5(11)6(17-7)3-16-9(4)13/h4-7,9H,2-3H2,1H3,(H,12,14,15). The van der Waals surface area contributed by atoms with E-state index in [0.717, 1.165) is 0 Å². The van der Waals surface area contributed by atoms with Crippen LogP contribution in [0.5, 0.6) is 0 Å². The van der Waals surface area contributed by atoms with Crippen molar-refractivity contribution in [2.45, 2.75) is 38.1 Å². The molecule has 5 atom stereocenters. The molecule has 2 bridgehead atoms. The Morgan fingerprint density at radius 2 is 2.24 bits per heavy atom. The molecule has 0 aromatic carbocycles. The largest absolute Gasteiger partial charge is 0.354 e. The normalized spacial score (nSPS) is 45.3. The van der Waals surface area contributed by atoms with Crippen LogP contribution in [0.25, 0.3) is 0 Å². The average Bonchev–Trinajstić information content (AvgIpc) is 2.51. The molecule has 0 spiro atoms. The summed E-state index contributed by atoms with van der Waals surface area (Å²) < 4.78 is 24.3. The minimum atomic E-state index is -1.12. The Balaban J connectivity index is 1.91. The van der Waals surface area contributed by atoms with Crippen molar-refractivity contribution in [2.75, 3.05) is 6.61 Å². The second-order valence-electron chi connectivity index (χ2n) is 4.60. The lowest BCUT2D eigenvalue weighted by Crippen LogP contribution is -2.62. The van der Waals surface area contributed by atoms with E-state index in [9.17, 15) is 14.0 Å². The number of fused-ring (bicyclic) bond motifs is 4. The number of amides is 3. The Bertz CT molecular complexity index is 377. The monoisotopic (exact) mass is 244 g/mol. The molecule has 3 heterocycles. The molecule has 0 aliphatic carbocycles. The van der Waals surface area contributed by atoms with Crippen LogP contribution < -0.4 is 5.32 Å². The number of nitrogens with one attached hydrogen (secondary N) is 1. The van der Waals surface area contributed by atoms with Crippen molar-refractivity contribution >= 4 is 11.9 Å². The molecule has 0 aromatic rings. The minimum absolute atomic E-state index is 0.0731. The zero-order chi connectivity index (χ0) is 12.2. The fourth-order valence-corrected chi connectivity index (χ4v) is 2.49. The molecule has 0 saturated carbocycles. The number of imide groups is 1. The van der Waals surface area contributed by atoms with E-state index >= 15 is 0 Å². The van der Waals surface area contributed by atoms with Crippen molar-refractivity contribution in [3.05, 3.63) is 0 Å². The zero-order valence-electron chi connectivity index (χ0n) is 9.26. The predicted octanol–water partition coefficient (Wildman–Crippen LogP) is -0.0163. The first-order valence-electron chi connectivity index (χ1n) is 5.62. The van der Waals surface area contributed by atoms with Gasteiger partial charge in [0.1, 0.15) is 24.7 Å². The van der Waals surface area contributed by atoms with E-state index in [1.165, 1.54) is 4.90 Å². The van der Waals surface area contributed by atoms with Gasteiger partial charge in [-0.05, 0) is 6.92 Å². The van der Waals surface area contributed by atoms with E-state index in [1.54, 1.807) is 6.92 Å². The fourth-order valence-electron chi connectivity index (χ4n) is 2.49. The zero-order valence-corrected chi connectivity index (χ0v) is 9.26. The van der Waals surface area contributed by atoms with Crippen molar-refractivity contribution < 1.29 is 23.5 Å². The molecular weight excluding hydrogens is 231 g/mol. The van der Waals surface area contributed by atoms with Gasteiger partial charge >= 0.3 is 6.03 Å². The molecule has 0 aromatic heterocycles. The van der Waals surface area contributed by atoms with Gasteiger partial charge in [0.25, 0.3) is 0 Å². The smallest absolute Gasteiger partial charge is 0.328 e. The molecule has 3 fully saturated rings. The van der Waals surface area contributed by atoms with Gasteiger partial charge in [0, 0.05) is 6.42 Å². The number of alkyl halides is 1. The van der Waals surface area contributed by atoms with E-state index < -0.39 is 36.7 Å². The first-order chi connectivity index (χ1) is 8.08. The molecule has 17 heavy (non-hydrogen) atoms. The van der Waals surface area contributed by atoms with Gasteiger partial charge in [-0.2, -0.15) is 0 Å². The number of rotatable bonds is 0. The van der Waals surface area contributed by atoms with E-state index in [2.05, 4.69) is 5.32 Å². The average molecular weight is 244 g/mol. The number of nitrogens with zero attached hydrogens (tertiary/aromatic N) is 1. The highest BCUT2D eigenvalue weighted by Crippen LogP contribution is 2.34. The Labute approximate surface area is 97.0 Å². The lowest BCUT2D eigenvalue weighted by Gasteiger charge is -2.39. The Morgan fingerprint density at radius 1 is 1.47 bits per heavy atom. The molecule has 3 saturated heterocycles. The first-order valence-corrected chi connectivity index (χ1v) is 5.62. The van der Waals surface area contributed by atoms with Crippen LogP contribution in [-0.4, -0.2) is 48.2 Å². The number of carbonyl (C=O) groups excluding carboxylic acids is 2. The highest BCUT2D eigenvalue weighted by molar-refractivity contribution is 5.98.